The number of rotatable bonds is 7. The molecule has 1 saturated heterocycles. The number of nitro benzene ring substituents is 1. The molecule has 2 aromatic carbocycles. The van der Waals surface area contributed by atoms with Crippen molar-refractivity contribution in [2.75, 3.05) is 21.3 Å². The van der Waals surface area contributed by atoms with Crippen molar-refractivity contribution >= 4 is 34.7 Å². The quantitative estimate of drug-likeness (QED) is 0.370. The van der Waals surface area contributed by atoms with Crippen molar-refractivity contribution < 1.29 is 28.7 Å². The third-order valence-electron chi connectivity index (χ3n) is 4.35. The number of amides is 2. The van der Waals surface area contributed by atoms with Crippen LogP contribution < -0.4 is 14.2 Å². The number of hydrogen-bond donors (Lipinski definition) is 0. The van der Waals surface area contributed by atoms with Crippen LogP contribution in [0, 0.1) is 10.1 Å². The first kappa shape index (κ1) is 21.2. The average molecular weight is 430 g/mol. The Kier molecular flexibility index (Phi) is 6.26. The maximum Gasteiger partial charge on any atom is 0.293 e. The van der Waals surface area contributed by atoms with Gasteiger partial charge in [0.15, 0.2) is 11.5 Å². The number of methoxy groups -OCH3 is 3. The minimum absolute atomic E-state index is 0.0231. The van der Waals surface area contributed by atoms with E-state index < -0.39 is 16.1 Å². The van der Waals surface area contributed by atoms with Gasteiger partial charge in [-0.15, -0.1) is 0 Å². The Morgan fingerprint density at radius 2 is 1.63 bits per heavy atom. The van der Waals surface area contributed by atoms with E-state index in [1.165, 1.54) is 45.6 Å². The standard InChI is InChI=1S/C20H18N2O7S/c1-27-15-8-13(9-16(28-2)18(15)29-3)10-17-19(23)21(20(24)30-17)11-12-4-6-14(7-5-12)22(25)26/h4-10H,11H2,1-3H3/b17-10+. The highest BCUT2D eigenvalue weighted by Gasteiger charge is 2.35. The summed E-state index contributed by atoms with van der Waals surface area (Å²) in [6.45, 7) is 0.0231. The highest BCUT2D eigenvalue weighted by atomic mass is 32.2. The van der Waals surface area contributed by atoms with Crippen molar-refractivity contribution in [1.29, 1.82) is 0 Å². The van der Waals surface area contributed by atoms with E-state index >= 15 is 0 Å². The summed E-state index contributed by atoms with van der Waals surface area (Å²) in [7, 11) is 4.46. The molecule has 1 aliphatic rings. The van der Waals surface area contributed by atoms with Gasteiger partial charge in [0.2, 0.25) is 5.75 Å². The largest absolute Gasteiger partial charge is 0.493 e. The van der Waals surface area contributed by atoms with Crippen molar-refractivity contribution in [3.8, 4) is 17.2 Å². The number of imide groups is 1. The second-order valence-corrected chi connectivity index (χ2v) is 7.14. The van der Waals surface area contributed by atoms with Crippen LogP contribution in [0.2, 0.25) is 0 Å². The molecule has 9 nitrogen and oxygen atoms in total. The van der Waals surface area contributed by atoms with E-state index in [0.717, 1.165) is 16.7 Å². The molecule has 10 heteroatoms. The molecule has 0 atom stereocenters. The SMILES string of the molecule is COc1cc(/C=C2/SC(=O)N(Cc3ccc([N+](=O)[O-])cc3)C2=O)cc(OC)c1OC. The molecule has 0 saturated carbocycles. The molecule has 0 N–H and O–H groups in total. The predicted octanol–water partition coefficient (Wildman–Crippen LogP) is 3.86. The number of ether oxygens (including phenoxy) is 3. The maximum absolute atomic E-state index is 12.8. The Hall–Kier alpha value is -3.53. The van der Waals surface area contributed by atoms with Crippen molar-refractivity contribution in [3.63, 3.8) is 0 Å². The zero-order valence-corrected chi connectivity index (χ0v) is 17.2. The number of benzene rings is 2. The summed E-state index contributed by atoms with van der Waals surface area (Å²) in [4.78, 5) is 36.7. The lowest BCUT2D eigenvalue weighted by Crippen LogP contribution is -2.27. The summed E-state index contributed by atoms with van der Waals surface area (Å²) < 4.78 is 15.9. The van der Waals surface area contributed by atoms with Crippen LogP contribution in [0.4, 0.5) is 10.5 Å². The van der Waals surface area contributed by atoms with Crippen LogP contribution in [0.15, 0.2) is 41.3 Å². The topological polar surface area (TPSA) is 108 Å². The third kappa shape index (κ3) is 4.23. The van der Waals surface area contributed by atoms with Gasteiger partial charge >= 0.3 is 0 Å². The second-order valence-electron chi connectivity index (χ2n) is 6.15. The lowest BCUT2D eigenvalue weighted by Gasteiger charge is -2.13. The van der Waals surface area contributed by atoms with Crippen LogP contribution in [0.1, 0.15) is 11.1 Å². The second kappa shape index (κ2) is 8.87. The molecule has 30 heavy (non-hydrogen) atoms. The monoisotopic (exact) mass is 430 g/mol. The van der Waals surface area contributed by atoms with Gasteiger partial charge in [0, 0.05) is 12.1 Å². The molecule has 0 aliphatic carbocycles. The Labute approximate surface area is 176 Å². The molecule has 1 heterocycles. The fraction of sp³-hybridized carbons (Fsp3) is 0.200. The Bertz CT molecular complexity index is 1010. The van der Waals surface area contributed by atoms with Crippen LogP contribution in [0.5, 0.6) is 17.2 Å². The summed E-state index contributed by atoms with van der Waals surface area (Å²) in [5.41, 5.74) is 1.15. The molecule has 156 valence electrons. The van der Waals surface area contributed by atoms with Crippen LogP contribution in [0.3, 0.4) is 0 Å². The third-order valence-corrected chi connectivity index (χ3v) is 5.25. The molecule has 1 aliphatic heterocycles. The van der Waals surface area contributed by atoms with Gasteiger partial charge in [0.05, 0.1) is 37.7 Å². The van der Waals surface area contributed by atoms with E-state index in [1.54, 1.807) is 18.2 Å². The zero-order valence-electron chi connectivity index (χ0n) is 16.4. The van der Waals surface area contributed by atoms with Gasteiger partial charge in [-0.25, -0.2) is 0 Å². The molecular formula is C20H18N2O7S. The van der Waals surface area contributed by atoms with E-state index in [4.69, 9.17) is 14.2 Å². The zero-order chi connectivity index (χ0) is 21.8. The molecule has 0 unspecified atom stereocenters. The Balaban J connectivity index is 1.85. The number of non-ortho nitro benzene ring substituents is 1. The summed E-state index contributed by atoms with van der Waals surface area (Å²) in [5.74, 6) is 0.821. The molecule has 0 spiro atoms. The fourth-order valence-electron chi connectivity index (χ4n) is 2.88. The average Bonchev–Trinajstić information content (AvgIpc) is 3.00. The highest BCUT2D eigenvalue weighted by Crippen LogP contribution is 2.40. The first-order valence-electron chi connectivity index (χ1n) is 8.66. The highest BCUT2D eigenvalue weighted by molar-refractivity contribution is 8.18. The Morgan fingerprint density at radius 1 is 1.03 bits per heavy atom. The predicted molar refractivity (Wildman–Crippen MR) is 111 cm³/mol. The van der Waals surface area contributed by atoms with Crippen molar-refractivity contribution in [1.82, 2.24) is 4.90 Å². The van der Waals surface area contributed by atoms with E-state index in [1.807, 2.05) is 0 Å². The normalized spacial score (nSPS) is 14.9. The van der Waals surface area contributed by atoms with Gasteiger partial charge in [-0.05, 0) is 41.1 Å². The molecule has 0 bridgehead atoms. The van der Waals surface area contributed by atoms with E-state index in [9.17, 15) is 19.7 Å². The van der Waals surface area contributed by atoms with Crippen LogP contribution >= 0.6 is 11.8 Å². The smallest absolute Gasteiger partial charge is 0.293 e. The van der Waals surface area contributed by atoms with Crippen LogP contribution in [-0.4, -0.2) is 42.3 Å². The van der Waals surface area contributed by atoms with Crippen molar-refractivity contribution in [3.05, 3.63) is 62.5 Å². The van der Waals surface area contributed by atoms with Crippen molar-refractivity contribution in [2.24, 2.45) is 0 Å². The molecule has 2 amide bonds. The van der Waals surface area contributed by atoms with Crippen LogP contribution in [0.25, 0.3) is 6.08 Å². The fourth-order valence-corrected chi connectivity index (χ4v) is 3.72. The first-order chi connectivity index (χ1) is 14.4. The summed E-state index contributed by atoms with van der Waals surface area (Å²) in [6.07, 6.45) is 1.57. The van der Waals surface area contributed by atoms with E-state index in [0.29, 0.717) is 28.4 Å². The number of hydrogen-bond acceptors (Lipinski definition) is 8. The summed E-state index contributed by atoms with van der Waals surface area (Å²) in [5, 5.41) is 10.3. The molecule has 3 rings (SSSR count). The number of nitro groups is 1. The van der Waals surface area contributed by atoms with Gasteiger partial charge in [-0.2, -0.15) is 0 Å². The summed E-state index contributed by atoms with van der Waals surface area (Å²) >= 11 is 0.818. The van der Waals surface area contributed by atoms with Gasteiger partial charge in [0.1, 0.15) is 0 Å². The summed E-state index contributed by atoms with van der Waals surface area (Å²) in [6, 6.07) is 9.05. The number of thioether (sulfide) groups is 1. The maximum atomic E-state index is 12.8. The van der Waals surface area contributed by atoms with Gasteiger partial charge in [-0.1, -0.05) is 12.1 Å². The molecular weight excluding hydrogens is 412 g/mol. The minimum Gasteiger partial charge on any atom is -0.493 e. The van der Waals surface area contributed by atoms with E-state index in [2.05, 4.69) is 0 Å². The van der Waals surface area contributed by atoms with Gasteiger partial charge < -0.3 is 14.2 Å². The minimum atomic E-state index is -0.510. The lowest BCUT2D eigenvalue weighted by atomic mass is 10.1. The number of nitrogens with zero attached hydrogens (tertiary/aromatic N) is 2. The van der Waals surface area contributed by atoms with Crippen LogP contribution in [-0.2, 0) is 11.3 Å². The van der Waals surface area contributed by atoms with Crippen molar-refractivity contribution in [2.45, 2.75) is 6.54 Å². The lowest BCUT2D eigenvalue weighted by molar-refractivity contribution is -0.384. The molecule has 2 aromatic rings. The van der Waals surface area contributed by atoms with Gasteiger partial charge in [-0.3, -0.25) is 24.6 Å². The Morgan fingerprint density at radius 3 is 2.13 bits per heavy atom. The first-order valence-corrected chi connectivity index (χ1v) is 9.48. The molecule has 1 fully saturated rings. The number of carbonyl (C=O) groups excluding carboxylic acids is 2. The van der Waals surface area contributed by atoms with Gasteiger partial charge in [0.25, 0.3) is 16.8 Å². The molecule has 0 radical (unpaired) electrons. The number of carbonyl (C=O) groups is 2. The molecule has 0 aromatic heterocycles. The van der Waals surface area contributed by atoms with E-state index in [-0.39, 0.29) is 17.1 Å².